The molecule has 2 N–H and O–H groups in total. The van der Waals surface area contributed by atoms with Crippen LogP contribution in [0.1, 0.15) is 27.7 Å². The number of hydrogen-bond acceptors (Lipinski definition) is 5. The van der Waals surface area contributed by atoms with Crippen molar-refractivity contribution in [2.24, 2.45) is 0 Å². The largest absolute Gasteiger partial charge is 0.444 e. The molecule has 0 aromatic rings. The molecular formula is C13H24N2O3S2. The number of ether oxygens (including phenoxy) is 1. The van der Waals surface area contributed by atoms with Crippen molar-refractivity contribution in [2.45, 2.75) is 33.3 Å². The Hall–Kier alpha value is -0.820. The minimum absolute atomic E-state index is 0.109. The summed E-state index contributed by atoms with van der Waals surface area (Å²) in [7, 11) is 3.30. The van der Waals surface area contributed by atoms with E-state index in [-0.39, 0.29) is 5.91 Å². The third-order valence-electron chi connectivity index (χ3n) is 1.80. The molecule has 0 heterocycles. The number of amides is 2. The molecule has 0 radical (unpaired) electrons. The van der Waals surface area contributed by atoms with Crippen LogP contribution in [0.5, 0.6) is 0 Å². The topological polar surface area (TPSA) is 67.4 Å². The molecule has 7 heteroatoms. The average molecular weight is 320 g/mol. The molecule has 0 atom stereocenters. The zero-order valence-corrected chi connectivity index (χ0v) is 14.2. The van der Waals surface area contributed by atoms with Crippen LogP contribution in [0.2, 0.25) is 0 Å². The zero-order valence-electron chi connectivity index (χ0n) is 12.6. The van der Waals surface area contributed by atoms with E-state index in [9.17, 15) is 9.59 Å². The van der Waals surface area contributed by atoms with Gasteiger partial charge in [-0.15, -0.1) is 0 Å². The van der Waals surface area contributed by atoms with Crippen molar-refractivity contribution in [3.05, 3.63) is 12.2 Å². The molecule has 5 nitrogen and oxygen atoms in total. The van der Waals surface area contributed by atoms with E-state index in [2.05, 4.69) is 17.2 Å². The molecule has 0 aromatic carbocycles. The second-order valence-electron chi connectivity index (χ2n) is 5.11. The van der Waals surface area contributed by atoms with Gasteiger partial charge < -0.3 is 15.4 Å². The second kappa shape index (κ2) is 9.99. The maximum Gasteiger partial charge on any atom is 0.407 e. The lowest BCUT2D eigenvalue weighted by molar-refractivity contribution is -0.117. The summed E-state index contributed by atoms with van der Waals surface area (Å²) in [4.78, 5) is 22.5. The van der Waals surface area contributed by atoms with Crippen LogP contribution >= 0.6 is 21.6 Å². The first-order valence-corrected chi connectivity index (χ1v) is 8.86. The second-order valence-corrected chi connectivity index (χ2v) is 7.81. The van der Waals surface area contributed by atoms with Crippen molar-refractivity contribution in [2.75, 3.05) is 24.6 Å². The Morgan fingerprint density at radius 2 is 1.60 bits per heavy atom. The molecule has 2 amide bonds. The summed E-state index contributed by atoms with van der Waals surface area (Å²) >= 11 is 0. The van der Waals surface area contributed by atoms with Gasteiger partial charge in [-0.25, -0.2) is 4.79 Å². The van der Waals surface area contributed by atoms with Crippen LogP contribution < -0.4 is 10.6 Å². The van der Waals surface area contributed by atoms with Crippen LogP contribution in [0.3, 0.4) is 0 Å². The highest BCUT2D eigenvalue weighted by Crippen LogP contribution is 2.19. The highest BCUT2D eigenvalue weighted by atomic mass is 33.1. The Morgan fingerprint density at radius 1 is 1.10 bits per heavy atom. The summed E-state index contributed by atoms with van der Waals surface area (Å²) in [5.74, 6) is 1.50. The first-order chi connectivity index (χ1) is 9.22. The van der Waals surface area contributed by atoms with Crippen LogP contribution in [-0.4, -0.2) is 42.2 Å². The van der Waals surface area contributed by atoms with Gasteiger partial charge in [0.15, 0.2) is 0 Å². The average Bonchev–Trinajstić information content (AvgIpc) is 2.29. The van der Waals surface area contributed by atoms with Crippen LogP contribution in [0.25, 0.3) is 0 Å². The smallest absolute Gasteiger partial charge is 0.407 e. The SMILES string of the molecule is C=C(C)C(=O)NCCSSCCNC(=O)OC(C)(C)C. The fourth-order valence-electron chi connectivity index (χ4n) is 0.984. The zero-order chi connectivity index (χ0) is 15.6. The van der Waals surface area contributed by atoms with Crippen LogP contribution in [0.4, 0.5) is 4.79 Å². The standard InChI is InChI=1S/C13H24N2O3S2/c1-10(2)11(16)14-6-8-19-20-9-7-15-12(17)18-13(3,4)5/h1,6-9H2,2-5H3,(H,14,16)(H,15,17). The van der Waals surface area contributed by atoms with Gasteiger partial charge in [-0.2, -0.15) is 0 Å². The summed E-state index contributed by atoms with van der Waals surface area (Å²) in [6, 6.07) is 0. The van der Waals surface area contributed by atoms with Gasteiger partial charge in [-0.05, 0) is 27.7 Å². The first-order valence-electron chi connectivity index (χ1n) is 6.37. The molecule has 0 aliphatic heterocycles. The fourth-order valence-corrected chi connectivity index (χ4v) is 2.80. The van der Waals surface area contributed by atoms with Gasteiger partial charge in [-0.1, -0.05) is 28.2 Å². The lowest BCUT2D eigenvalue weighted by Crippen LogP contribution is -2.33. The van der Waals surface area contributed by atoms with Gasteiger partial charge in [-0.3, -0.25) is 4.79 Å². The quantitative estimate of drug-likeness (QED) is 0.409. The van der Waals surface area contributed by atoms with E-state index < -0.39 is 11.7 Å². The molecule has 0 aromatic heterocycles. The lowest BCUT2D eigenvalue weighted by atomic mass is 10.2. The highest BCUT2D eigenvalue weighted by molar-refractivity contribution is 8.76. The third-order valence-corrected chi connectivity index (χ3v) is 4.20. The Morgan fingerprint density at radius 3 is 2.05 bits per heavy atom. The molecule has 0 bridgehead atoms. The van der Waals surface area contributed by atoms with E-state index in [1.54, 1.807) is 28.5 Å². The minimum Gasteiger partial charge on any atom is -0.444 e. The monoisotopic (exact) mass is 320 g/mol. The molecule has 0 aliphatic carbocycles. The van der Waals surface area contributed by atoms with Gasteiger partial charge in [0.05, 0.1) is 0 Å². The lowest BCUT2D eigenvalue weighted by Gasteiger charge is -2.19. The van der Waals surface area contributed by atoms with Gasteiger partial charge in [0.1, 0.15) is 5.60 Å². The summed E-state index contributed by atoms with van der Waals surface area (Å²) in [6.45, 7) is 11.9. The molecule has 0 saturated heterocycles. The van der Waals surface area contributed by atoms with Crippen molar-refractivity contribution in [1.82, 2.24) is 10.6 Å². The minimum atomic E-state index is -0.465. The summed E-state index contributed by atoms with van der Waals surface area (Å²) in [5, 5.41) is 5.44. The van der Waals surface area contributed by atoms with Crippen molar-refractivity contribution >= 4 is 33.6 Å². The van der Waals surface area contributed by atoms with Gasteiger partial charge in [0.25, 0.3) is 0 Å². The predicted octanol–water partition coefficient (Wildman–Crippen LogP) is 2.58. The van der Waals surface area contributed by atoms with E-state index in [0.717, 1.165) is 11.5 Å². The molecule has 0 unspecified atom stereocenters. The van der Waals surface area contributed by atoms with Crippen LogP contribution in [-0.2, 0) is 9.53 Å². The van der Waals surface area contributed by atoms with E-state index in [0.29, 0.717) is 18.7 Å². The molecule has 0 saturated carbocycles. The normalized spacial score (nSPS) is 10.8. The number of carbonyl (C=O) groups is 2. The maximum atomic E-state index is 11.3. The molecule has 0 aliphatic rings. The van der Waals surface area contributed by atoms with Crippen LogP contribution in [0, 0.1) is 0 Å². The van der Waals surface area contributed by atoms with Gasteiger partial charge >= 0.3 is 6.09 Å². The Kier molecular flexibility index (Phi) is 9.58. The van der Waals surface area contributed by atoms with Crippen molar-refractivity contribution < 1.29 is 14.3 Å². The number of alkyl carbamates (subject to hydrolysis) is 1. The summed E-state index contributed by atoms with van der Waals surface area (Å²) in [5.41, 5.74) is 0.0530. The summed E-state index contributed by atoms with van der Waals surface area (Å²) < 4.78 is 5.11. The number of nitrogens with one attached hydrogen (secondary N) is 2. The van der Waals surface area contributed by atoms with E-state index in [1.165, 1.54) is 0 Å². The molecule has 0 fully saturated rings. The Labute approximate surface area is 129 Å². The molecule has 116 valence electrons. The van der Waals surface area contributed by atoms with Crippen molar-refractivity contribution in [3.63, 3.8) is 0 Å². The number of carbonyl (C=O) groups excluding carboxylic acids is 2. The van der Waals surface area contributed by atoms with Crippen molar-refractivity contribution in [1.29, 1.82) is 0 Å². The number of hydrogen-bond donors (Lipinski definition) is 2. The molecule has 20 heavy (non-hydrogen) atoms. The highest BCUT2D eigenvalue weighted by Gasteiger charge is 2.15. The van der Waals surface area contributed by atoms with E-state index >= 15 is 0 Å². The summed E-state index contributed by atoms with van der Waals surface area (Å²) in [6.07, 6.45) is -0.392. The van der Waals surface area contributed by atoms with E-state index in [1.807, 2.05) is 20.8 Å². The number of rotatable bonds is 8. The van der Waals surface area contributed by atoms with Gasteiger partial charge in [0.2, 0.25) is 5.91 Å². The fraction of sp³-hybridized carbons (Fsp3) is 0.692. The Balaban J connectivity index is 3.39. The maximum absolute atomic E-state index is 11.3. The predicted molar refractivity (Wildman–Crippen MR) is 87.0 cm³/mol. The first kappa shape index (κ1) is 19.2. The molecule has 0 rings (SSSR count). The van der Waals surface area contributed by atoms with Gasteiger partial charge in [0, 0.05) is 30.2 Å². The van der Waals surface area contributed by atoms with Crippen LogP contribution in [0.15, 0.2) is 12.2 Å². The molecule has 0 spiro atoms. The van der Waals surface area contributed by atoms with Crippen molar-refractivity contribution in [3.8, 4) is 0 Å². The molecular weight excluding hydrogens is 296 g/mol. The van der Waals surface area contributed by atoms with E-state index in [4.69, 9.17) is 4.74 Å². The Bertz CT molecular complexity index is 341. The third kappa shape index (κ3) is 12.2.